The number of hydrogen-bond acceptors (Lipinski definition) is 5. The van der Waals surface area contributed by atoms with E-state index in [2.05, 4.69) is 53.5 Å². The van der Waals surface area contributed by atoms with Crippen molar-refractivity contribution in [2.24, 2.45) is 5.73 Å². The minimum atomic E-state index is -0.146. The van der Waals surface area contributed by atoms with Gasteiger partial charge < -0.3 is 5.73 Å². The first-order valence-electron chi connectivity index (χ1n) is 10.7. The number of fused-ring (bicyclic) bond motifs is 3. The molecule has 5 aromatic rings. The van der Waals surface area contributed by atoms with E-state index in [4.69, 9.17) is 15.7 Å². The summed E-state index contributed by atoms with van der Waals surface area (Å²) in [6.45, 7) is 2.07. The SMILES string of the molecule is CCc1nnc2ccc3nc(-c4ccc(C5(N)CC5)cc4)c(-c4ccccc4)nc3n12. The second-order valence-electron chi connectivity index (χ2n) is 8.23. The Hall–Kier alpha value is -3.64. The summed E-state index contributed by atoms with van der Waals surface area (Å²) in [4.78, 5) is 10.2. The Kier molecular flexibility index (Phi) is 3.91. The van der Waals surface area contributed by atoms with E-state index < -0.39 is 0 Å². The molecule has 1 aliphatic carbocycles. The van der Waals surface area contributed by atoms with Gasteiger partial charge >= 0.3 is 0 Å². The van der Waals surface area contributed by atoms with E-state index in [1.165, 1.54) is 5.56 Å². The fraction of sp³-hybridized carbons (Fsp3) is 0.200. The van der Waals surface area contributed by atoms with Crippen LogP contribution >= 0.6 is 0 Å². The number of hydrogen-bond donors (Lipinski definition) is 1. The first-order chi connectivity index (χ1) is 15.2. The van der Waals surface area contributed by atoms with Gasteiger partial charge in [0.2, 0.25) is 0 Å². The van der Waals surface area contributed by atoms with Crippen molar-refractivity contribution in [2.45, 2.75) is 31.7 Å². The molecule has 0 saturated heterocycles. The number of benzene rings is 2. The molecular weight excluding hydrogens is 384 g/mol. The highest BCUT2D eigenvalue weighted by atomic mass is 15.3. The maximum Gasteiger partial charge on any atom is 0.166 e. The quantitative estimate of drug-likeness (QED) is 0.475. The first-order valence-corrected chi connectivity index (χ1v) is 10.7. The van der Waals surface area contributed by atoms with Crippen molar-refractivity contribution in [3.8, 4) is 22.5 Å². The van der Waals surface area contributed by atoms with Gasteiger partial charge in [-0.2, -0.15) is 0 Å². The van der Waals surface area contributed by atoms with Crippen LogP contribution in [0, 0.1) is 0 Å². The van der Waals surface area contributed by atoms with Gasteiger partial charge in [0.15, 0.2) is 11.3 Å². The topological polar surface area (TPSA) is 82.0 Å². The lowest BCUT2D eigenvalue weighted by atomic mass is 9.99. The summed E-state index contributed by atoms with van der Waals surface area (Å²) in [5.74, 6) is 0.878. The summed E-state index contributed by atoms with van der Waals surface area (Å²) in [5.41, 5.74) is 13.6. The third kappa shape index (κ3) is 2.91. The van der Waals surface area contributed by atoms with Crippen LogP contribution in [0.3, 0.4) is 0 Å². The molecule has 1 fully saturated rings. The minimum absolute atomic E-state index is 0.146. The molecule has 31 heavy (non-hydrogen) atoms. The van der Waals surface area contributed by atoms with Gasteiger partial charge in [0.05, 0.1) is 11.4 Å². The van der Waals surface area contributed by atoms with E-state index in [9.17, 15) is 0 Å². The van der Waals surface area contributed by atoms with Crippen molar-refractivity contribution in [3.63, 3.8) is 0 Å². The van der Waals surface area contributed by atoms with Crippen molar-refractivity contribution in [2.75, 3.05) is 0 Å². The Morgan fingerprint density at radius 2 is 1.55 bits per heavy atom. The summed E-state index contributed by atoms with van der Waals surface area (Å²) >= 11 is 0. The van der Waals surface area contributed by atoms with Gasteiger partial charge in [0, 0.05) is 23.1 Å². The number of aromatic nitrogens is 5. The molecule has 0 amide bonds. The van der Waals surface area contributed by atoms with Crippen molar-refractivity contribution in [3.05, 3.63) is 78.1 Å². The average Bonchev–Trinajstić information content (AvgIpc) is 3.43. The van der Waals surface area contributed by atoms with Gasteiger partial charge in [-0.3, -0.25) is 4.40 Å². The lowest BCUT2D eigenvalue weighted by molar-refractivity contribution is 0.740. The molecule has 0 radical (unpaired) electrons. The number of nitrogens with two attached hydrogens (primary N) is 1. The Morgan fingerprint density at radius 3 is 2.26 bits per heavy atom. The fourth-order valence-electron chi connectivity index (χ4n) is 4.15. The van der Waals surface area contributed by atoms with Crippen LogP contribution in [0.15, 0.2) is 66.7 Å². The average molecular weight is 406 g/mol. The van der Waals surface area contributed by atoms with Crippen LogP contribution in [0.5, 0.6) is 0 Å². The van der Waals surface area contributed by atoms with Crippen molar-refractivity contribution < 1.29 is 0 Å². The summed E-state index contributed by atoms with van der Waals surface area (Å²) in [6.07, 6.45) is 2.87. The summed E-state index contributed by atoms with van der Waals surface area (Å²) < 4.78 is 2.01. The number of aryl methyl sites for hydroxylation is 1. The number of pyridine rings is 1. The highest BCUT2D eigenvalue weighted by Gasteiger charge is 2.39. The standard InChI is InChI=1S/C25H22N6/c1-2-20-29-30-21-13-12-19-24(31(20)21)28-23(16-6-4-3-5-7-16)22(27-19)17-8-10-18(11-9-17)25(26)14-15-25/h3-13H,2,14-15,26H2,1H3. The van der Waals surface area contributed by atoms with Gasteiger partial charge in [0.1, 0.15) is 11.3 Å². The molecule has 0 spiro atoms. The number of rotatable bonds is 4. The zero-order valence-electron chi connectivity index (χ0n) is 17.3. The van der Waals surface area contributed by atoms with Gasteiger partial charge in [0.25, 0.3) is 0 Å². The summed E-state index contributed by atoms with van der Waals surface area (Å²) in [5, 5.41) is 8.61. The third-order valence-electron chi connectivity index (χ3n) is 6.15. The van der Waals surface area contributed by atoms with Crippen LogP contribution in [-0.2, 0) is 12.0 Å². The predicted molar refractivity (Wildman–Crippen MR) is 121 cm³/mol. The smallest absolute Gasteiger partial charge is 0.166 e. The van der Waals surface area contributed by atoms with E-state index in [1.54, 1.807) is 0 Å². The van der Waals surface area contributed by atoms with E-state index in [0.717, 1.165) is 64.4 Å². The monoisotopic (exact) mass is 406 g/mol. The van der Waals surface area contributed by atoms with Crippen molar-refractivity contribution in [1.29, 1.82) is 0 Å². The maximum absolute atomic E-state index is 6.38. The Balaban J connectivity index is 1.62. The fourth-order valence-corrected chi connectivity index (χ4v) is 4.15. The second kappa shape index (κ2) is 6.68. The van der Waals surface area contributed by atoms with E-state index in [1.807, 2.05) is 34.7 Å². The number of nitrogens with zero attached hydrogens (tertiary/aromatic N) is 5. The largest absolute Gasteiger partial charge is 0.321 e. The molecule has 6 nitrogen and oxygen atoms in total. The summed E-state index contributed by atoms with van der Waals surface area (Å²) in [6, 6.07) is 22.6. The van der Waals surface area contributed by atoms with E-state index in [0.29, 0.717) is 0 Å². The third-order valence-corrected chi connectivity index (χ3v) is 6.15. The molecule has 2 aromatic carbocycles. The molecular formula is C25H22N6. The zero-order valence-corrected chi connectivity index (χ0v) is 17.3. The van der Waals surface area contributed by atoms with Crippen LogP contribution in [0.4, 0.5) is 0 Å². The lowest BCUT2D eigenvalue weighted by Gasteiger charge is -2.13. The van der Waals surface area contributed by atoms with Crippen LogP contribution in [0.25, 0.3) is 39.3 Å². The molecule has 6 rings (SSSR count). The molecule has 3 aromatic heterocycles. The Morgan fingerprint density at radius 1 is 0.839 bits per heavy atom. The minimum Gasteiger partial charge on any atom is -0.321 e. The molecule has 3 heterocycles. The first kappa shape index (κ1) is 18.2. The Bertz CT molecular complexity index is 1420. The van der Waals surface area contributed by atoms with Crippen LogP contribution in [0.1, 0.15) is 31.2 Å². The molecule has 0 unspecified atom stereocenters. The van der Waals surface area contributed by atoms with Gasteiger partial charge in [-0.25, -0.2) is 9.97 Å². The highest BCUT2D eigenvalue weighted by molar-refractivity contribution is 5.86. The molecule has 0 bridgehead atoms. The van der Waals surface area contributed by atoms with Gasteiger partial charge in [-0.15, -0.1) is 10.2 Å². The van der Waals surface area contributed by atoms with Gasteiger partial charge in [-0.05, 0) is 30.5 Å². The maximum atomic E-state index is 6.38. The molecule has 0 aliphatic heterocycles. The molecule has 0 atom stereocenters. The zero-order chi connectivity index (χ0) is 21.0. The second-order valence-corrected chi connectivity index (χ2v) is 8.23. The highest BCUT2D eigenvalue weighted by Crippen LogP contribution is 2.43. The van der Waals surface area contributed by atoms with E-state index in [-0.39, 0.29) is 5.54 Å². The molecule has 1 saturated carbocycles. The van der Waals surface area contributed by atoms with Gasteiger partial charge in [-0.1, -0.05) is 61.5 Å². The lowest BCUT2D eigenvalue weighted by Crippen LogP contribution is -2.18. The molecule has 6 heteroatoms. The van der Waals surface area contributed by atoms with Crippen LogP contribution in [-0.4, -0.2) is 24.6 Å². The van der Waals surface area contributed by atoms with Crippen molar-refractivity contribution >= 4 is 16.8 Å². The normalized spacial score (nSPS) is 14.9. The predicted octanol–water partition coefficient (Wildman–Crippen LogP) is 4.52. The molecule has 152 valence electrons. The Labute approximate surface area is 179 Å². The van der Waals surface area contributed by atoms with E-state index >= 15 is 0 Å². The van der Waals surface area contributed by atoms with Crippen molar-refractivity contribution in [1.82, 2.24) is 24.6 Å². The molecule has 1 aliphatic rings. The molecule has 2 N–H and O–H groups in total. The summed E-state index contributed by atoms with van der Waals surface area (Å²) in [7, 11) is 0. The van der Waals surface area contributed by atoms with Crippen LogP contribution in [0.2, 0.25) is 0 Å². The van der Waals surface area contributed by atoms with Crippen LogP contribution < -0.4 is 5.73 Å².